The lowest BCUT2D eigenvalue weighted by molar-refractivity contribution is -0.116. The molecule has 3 rings (SSSR count). The predicted molar refractivity (Wildman–Crippen MR) is 135 cm³/mol. The Labute approximate surface area is 204 Å². The third kappa shape index (κ3) is 6.08. The van der Waals surface area contributed by atoms with E-state index < -0.39 is 0 Å². The number of hydrogen-bond acceptors (Lipinski definition) is 4. The second-order valence-corrected chi connectivity index (χ2v) is 9.16. The van der Waals surface area contributed by atoms with Crippen LogP contribution < -0.4 is 15.4 Å². The number of benzene rings is 2. The van der Waals surface area contributed by atoms with Crippen molar-refractivity contribution in [3.8, 4) is 11.4 Å². The zero-order valence-corrected chi connectivity index (χ0v) is 20.8. The Morgan fingerprint density at radius 1 is 1.09 bits per heavy atom. The molecule has 0 unspecified atom stereocenters. The van der Waals surface area contributed by atoms with Crippen molar-refractivity contribution in [3.63, 3.8) is 0 Å². The number of nitrogens with zero attached hydrogens (tertiary/aromatic N) is 3. The summed E-state index contributed by atoms with van der Waals surface area (Å²) in [5.41, 5.74) is 1.79. The average Bonchev–Trinajstić information content (AvgIpc) is 3.21. The first kappa shape index (κ1) is 25.1. The van der Waals surface area contributed by atoms with Crippen LogP contribution in [-0.4, -0.2) is 46.8 Å². The van der Waals surface area contributed by atoms with Gasteiger partial charge in [0.15, 0.2) is 0 Å². The van der Waals surface area contributed by atoms with E-state index in [9.17, 15) is 9.59 Å². The van der Waals surface area contributed by atoms with Crippen LogP contribution >= 0.6 is 11.6 Å². The molecule has 0 bridgehead atoms. The first-order chi connectivity index (χ1) is 16.1. The number of halogens is 1. The van der Waals surface area contributed by atoms with Crippen LogP contribution in [-0.2, 0) is 10.2 Å². The fourth-order valence-electron chi connectivity index (χ4n) is 3.23. The van der Waals surface area contributed by atoms with Crippen molar-refractivity contribution in [2.45, 2.75) is 33.1 Å². The normalized spacial score (nSPS) is 11.1. The topological polar surface area (TPSA) is 88.5 Å². The number of hydrogen-bond donors (Lipinski definition) is 2. The first-order valence-corrected chi connectivity index (χ1v) is 11.4. The second kappa shape index (κ2) is 10.6. The maximum atomic E-state index is 12.9. The van der Waals surface area contributed by atoms with E-state index in [1.165, 1.54) is 4.90 Å². The monoisotopic (exact) mass is 483 g/mol. The Kier molecular flexibility index (Phi) is 7.83. The smallest absolute Gasteiger partial charge is 0.322 e. The van der Waals surface area contributed by atoms with Crippen molar-refractivity contribution >= 4 is 35.0 Å². The Morgan fingerprint density at radius 2 is 1.82 bits per heavy atom. The van der Waals surface area contributed by atoms with E-state index in [0.717, 1.165) is 5.69 Å². The molecule has 3 aromatic rings. The third-order valence-electron chi connectivity index (χ3n) is 5.15. The molecule has 180 valence electrons. The van der Waals surface area contributed by atoms with Gasteiger partial charge in [-0.15, -0.1) is 0 Å². The Bertz CT molecular complexity index is 1170. The summed E-state index contributed by atoms with van der Waals surface area (Å²) in [6.07, 6.45) is 0. The van der Waals surface area contributed by atoms with Crippen LogP contribution in [0.25, 0.3) is 5.69 Å². The number of urea groups is 1. The molecular formula is C25H30ClN5O3. The van der Waals surface area contributed by atoms with Gasteiger partial charge in [0, 0.05) is 29.8 Å². The van der Waals surface area contributed by atoms with E-state index >= 15 is 0 Å². The SMILES string of the molecule is CCN(CC(=O)Nc1cc(C(C)(C)C)nn1-c1ccccc1Cl)C(=O)Nc1cccc(OC)c1. The summed E-state index contributed by atoms with van der Waals surface area (Å²) in [5.74, 6) is 0.754. The van der Waals surface area contributed by atoms with Crippen LogP contribution in [0.2, 0.25) is 5.02 Å². The lowest BCUT2D eigenvalue weighted by atomic mass is 9.92. The predicted octanol–water partition coefficient (Wildman–Crippen LogP) is 5.32. The number of nitrogens with one attached hydrogen (secondary N) is 2. The van der Waals surface area contributed by atoms with Gasteiger partial charge >= 0.3 is 6.03 Å². The Balaban J connectivity index is 1.78. The number of aromatic nitrogens is 2. The highest BCUT2D eigenvalue weighted by molar-refractivity contribution is 6.32. The molecule has 9 heteroatoms. The fourth-order valence-corrected chi connectivity index (χ4v) is 3.45. The number of carbonyl (C=O) groups excluding carboxylic acids is 2. The van der Waals surface area contributed by atoms with Gasteiger partial charge in [-0.25, -0.2) is 9.48 Å². The van der Waals surface area contributed by atoms with Gasteiger partial charge in [0.25, 0.3) is 0 Å². The molecule has 34 heavy (non-hydrogen) atoms. The second-order valence-electron chi connectivity index (χ2n) is 8.75. The molecule has 0 saturated carbocycles. The molecule has 1 aromatic heterocycles. The zero-order valence-electron chi connectivity index (χ0n) is 20.1. The van der Waals surface area contributed by atoms with Gasteiger partial charge < -0.3 is 20.3 Å². The van der Waals surface area contributed by atoms with Gasteiger partial charge in [-0.3, -0.25) is 4.79 Å². The van der Waals surface area contributed by atoms with E-state index in [0.29, 0.717) is 34.5 Å². The quantitative estimate of drug-likeness (QED) is 0.475. The van der Waals surface area contributed by atoms with Crippen molar-refractivity contribution in [2.75, 3.05) is 30.8 Å². The average molecular weight is 484 g/mol. The number of rotatable bonds is 7. The summed E-state index contributed by atoms with van der Waals surface area (Å²) >= 11 is 6.39. The number of ether oxygens (including phenoxy) is 1. The molecule has 2 aromatic carbocycles. The highest BCUT2D eigenvalue weighted by atomic mass is 35.5. The molecule has 0 aliphatic heterocycles. The standard InChI is InChI=1S/C25H30ClN5O3/c1-6-30(24(33)27-17-10-9-11-18(14-17)34-5)16-23(32)28-22-15-21(25(2,3)4)29-31(22)20-13-8-7-12-19(20)26/h7-15H,6,16H2,1-5H3,(H,27,33)(H,28,32). The van der Waals surface area contributed by atoms with E-state index in [2.05, 4.69) is 15.7 Å². The Morgan fingerprint density at radius 3 is 2.47 bits per heavy atom. The molecule has 1 heterocycles. The highest BCUT2D eigenvalue weighted by Gasteiger charge is 2.23. The maximum absolute atomic E-state index is 12.9. The van der Waals surface area contributed by atoms with E-state index in [1.54, 1.807) is 42.1 Å². The number of anilines is 2. The van der Waals surface area contributed by atoms with Crippen molar-refractivity contribution in [3.05, 3.63) is 65.3 Å². The Hall–Kier alpha value is -3.52. The molecule has 0 atom stereocenters. The summed E-state index contributed by atoms with van der Waals surface area (Å²) in [6, 6.07) is 15.8. The van der Waals surface area contributed by atoms with Crippen LogP contribution in [0.15, 0.2) is 54.6 Å². The van der Waals surface area contributed by atoms with E-state index in [-0.39, 0.29) is 23.9 Å². The molecular weight excluding hydrogens is 454 g/mol. The van der Waals surface area contributed by atoms with Gasteiger partial charge in [-0.05, 0) is 31.2 Å². The van der Waals surface area contributed by atoms with Crippen LogP contribution in [0.4, 0.5) is 16.3 Å². The number of amides is 3. The van der Waals surface area contributed by atoms with E-state index in [1.807, 2.05) is 52.0 Å². The highest BCUT2D eigenvalue weighted by Crippen LogP contribution is 2.29. The zero-order chi connectivity index (χ0) is 24.9. The van der Waals surface area contributed by atoms with Crippen molar-refractivity contribution < 1.29 is 14.3 Å². The van der Waals surface area contributed by atoms with Crippen LogP contribution in [0.1, 0.15) is 33.4 Å². The molecule has 0 radical (unpaired) electrons. The fraction of sp³-hybridized carbons (Fsp3) is 0.320. The maximum Gasteiger partial charge on any atom is 0.322 e. The largest absolute Gasteiger partial charge is 0.497 e. The number of methoxy groups -OCH3 is 1. The third-order valence-corrected chi connectivity index (χ3v) is 5.47. The summed E-state index contributed by atoms with van der Waals surface area (Å²) in [4.78, 5) is 27.1. The van der Waals surface area contributed by atoms with Gasteiger partial charge in [0.2, 0.25) is 5.91 Å². The summed E-state index contributed by atoms with van der Waals surface area (Å²) < 4.78 is 6.81. The minimum absolute atomic E-state index is 0.134. The molecule has 0 aliphatic carbocycles. The lowest BCUT2D eigenvalue weighted by Crippen LogP contribution is -2.40. The molecule has 0 fully saturated rings. The van der Waals surface area contributed by atoms with Crippen LogP contribution in [0.3, 0.4) is 0 Å². The number of likely N-dealkylation sites (N-methyl/N-ethyl adjacent to an activating group) is 1. The summed E-state index contributed by atoms with van der Waals surface area (Å²) in [5, 5.41) is 10.9. The van der Waals surface area contributed by atoms with Crippen LogP contribution in [0, 0.1) is 0 Å². The van der Waals surface area contributed by atoms with Gasteiger partial charge in [0.05, 0.1) is 23.5 Å². The number of para-hydroxylation sites is 1. The molecule has 0 aliphatic rings. The minimum Gasteiger partial charge on any atom is -0.497 e. The van der Waals surface area contributed by atoms with Gasteiger partial charge in [-0.2, -0.15) is 5.10 Å². The number of carbonyl (C=O) groups is 2. The van der Waals surface area contributed by atoms with Crippen molar-refractivity contribution in [1.29, 1.82) is 0 Å². The lowest BCUT2D eigenvalue weighted by Gasteiger charge is -2.21. The van der Waals surface area contributed by atoms with Crippen molar-refractivity contribution in [1.82, 2.24) is 14.7 Å². The van der Waals surface area contributed by atoms with Crippen LogP contribution in [0.5, 0.6) is 5.75 Å². The molecule has 0 spiro atoms. The van der Waals surface area contributed by atoms with Crippen molar-refractivity contribution in [2.24, 2.45) is 0 Å². The van der Waals surface area contributed by atoms with Gasteiger partial charge in [0.1, 0.15) is 18.1 Å². The summed E-state index contributed by atoms with van der Waals surface area (Å²) in [6.45, 7) is 8.15. The summed E-state index contributed by atoms with van der Waals surface area (Å²) in [7, 11) is 1.56. The first-order valence-electron chi connectivity index (χ1n) is 11.0. The molecule has 0 saturated heterocycles. The molecule has 8 nitrogen and oxygen atoms in total. The van der Waals surface area contributed by atoms with E-state index in [4.69, 9.17) is 16.3 Å². The minimum atomic E-state index is -0.388. The van der Waals surface area contributed by atoms with Gasteiger partial charge in [-0.1, -0.05) is 50.6 Å². The molecule has 2 N–H and O–H groups in total. The molecule has 3 amide bonds.